The number of halogens is 2. The topological polar surface area (TPSA) is 24.6 Å². The van der Waals surface area contributed by atoms with Gasteiger partial charge in [-0.25, -0.2) is 4.85 Å². The van der Waals surface area contributed by atoms with Crippen molar-refractivity contribution in [2.75, 3.05) is 0 Å². The van der Waals surface area contributed by atoms with Gasteiger partial charge in [-0.05, 0) is 44.0 Å². The number of benzene rings is 1. The monoisotopic (exact) mass is 275 g/mol. The van der Waals surface area contributed by atoms with Crippen molar-refractivity contribution in [3.8, 4) is 5.75 Å². The summed E-state index contributed by atoms with van der Waals surface area (Å²) in [5, 5.41) is 9.23. The molecule has 0 spiro atoms. The lowest BCUT2D eigenvalue weighted by atomic mass is 10.3. The van der Waals surface area contributed by atoms with E-state index >= 15 is 0 Å². The van der Waals surface area contributed by atoms with Gasteiger partial charge in [0, 0.05) is 0 Å². The van der Waals surface area contributed by atoms with Gasteiger partial charge in [0.15, 0.2) is 5.69 Å². The van der Waals surface area contributed by atoms with Crippen LogP contribution >= 0.6 is 31.9 Å². The Morgan fingerprint density at radius 1 is 1.27 bits per heavy atom. The molecule has 0 atom stereocenters. The summed E-state index contributed by atoms with van der Waals surface area (Å²) in [4.78, 5) is 3.21. The quantitative estimate of drug-likeness (QED) is 0.721. The summed E-state index contributed by atoms with van der Waals surface area (Å²) in [7, 11) is 0. The number of aromatic hydroxyl groups is 1. The molecule has 0 amide bonds. The average molecular weight is 277 g/mol. The van der Waals surface area contributed by atoms with Crippen LogP contribution in [0.2, 0.25) is 0 Å². The molecule has 0 saturated carbocycles. The Kier molecular flexibility index (Phi) is 2.53. The van der Waals surface area contributed by atoms with E-state index in [0.29, 0.717) is 14.6 Å². The van der Waals surface area contributed by atoms with Gasteiger partial charge in [0.1, 0.15) is 5.75 Å². The fourth-order valence-corrected chi connectivity index (χ4v) is 1.78. The Balaban J connectivity index is 3.35. The lowest BCUT2D eigenvalue weighted by Crippen LogP contribution is -1.70. The second-order valence-corrected chi connectivity index (χ2v) is 3.58. The Morgan fingerprint density at radius 3 is 2.09 bits per heavy atom. The average Bonchev–Trinajstić information content (AvgIpc) is 1.99. The van der Waals surface area contributed by atoms with Crippen molar-refractivity contribution >= 4 is 37.5 Å². The molecule has 0 aromatic heterocycles. The minimum absolute atomic E-state index is 0.123. The molecule has 0 bridgehead atoms. The summed E-state index contributed by atoms with van der Waals surface area (Å²) in [5.74, 6) is 0.123. The summed E-state index contributed by atoms with van der Waals surface area (Å²) in [6.07, 6.45) is 0. The minimum Gasteiger partial charge on any atom is -0.506 e. The fourth-order valence-electron chi connectivity index (χ4n) is 0.617. The first kappa shape index (κ1) is 8.57. The van der Waals surface area contributed by atoms with E-state index in [2.05, 4.69) is 36.7 Å². The summed E-state index contributed by atoms with van der Waals surface area (Å²) in [5.41, 5.74) is 0.488. The smallest absolute Gasteiger partial charge is 0.189 e. The van der Waals surface area contributed by atoms with Crippen LogP contribution < -0.4 is 0 Å². The standard InChI is InChI=1S/C7H3Br2NO/c1-10-4-2-5(8)7(11)6(9)3-4/h2-3,11H. The number of nitrogens with zero attached hydrogens (tertiary/aromatic N) is 1. The van der Waals surface area contributed by atoms with Crippen LogP contribution in [0.15, 0.2) is 21.1 Å². The molecule has 2 nitrogen and oxygen atoms in total. The molecule has 1 aromatic carbocycles. The highest BCUT2D eigenvalue weighted by Crippen LogP contribution is 2.35. The first-order valence-corrected chi connectivity index (χ1v) is 4.29. The Bertz CT molecular complexity index is 307. The van der Waals surface area contributed by atoms with Crippen molar-refractivity contribution in [2.24, 2.45) is 0 Å². The predicted octanol–water partition coefficient (Wildman–Crippen LogP) is 3.47. The van der Waals surface area contributed by atoms with Crippen molar-refractivity contribution < 1.29 is 5.11 Å². The lowest BCUT2D eigenvalue weighted by molar-refractivity contribution is 0.468. The van der Waals surface area contributed by atoms with Crippen LogP contribution in [0.25, 0.3) is 4.85 Å². The van der Waals surface area contributed by atoms with E-state index in [0.717, 1.165) is 0 Å². The van der Waals surface area contributed by atoms with E-state index in [4.69, 9.17) is 6.57 Å². The number of phenols is 1. The van der Waals surface area contributed by atoms with Crippen LogP contribution in [0, 0.1) is 6.57 Å². The molecule has 0 aliphatic carbocycles. The molecule has 0 radical (unpaired) electrons. The first-order chi connectivity index (χ1) is 5.15. The molecule has 0 aliphatic heterocycles. The van der Waals surface area contributed by atoms with Gasteiger partial charge in [-0.1, -0.05) is 0 Å². The molecule has 0 unspecified atom stereocenters. The van der Waals surface area contributed by atoms with Crippen LogP contribution in [-0.2, 0) is 0 Å². The molecule has 0 aliphatic rings. The Hall–Kier alpha value is -0.530. The predicted molar refractivity (Wildman–Crippen MR) is 49.8 cm³/mol. The number of hydrogen-bond donors (Lipinski definition) is 1. The van der Waals surface area contributed by atoms with Crippen LogP contribution in [0.1, 0.15) is 0 Å². The summed E-state index contributed by atoms with van der Waals surface area (Å²) in [6, 6.07) is 3.13. The van der Waals surface area contributed by atoms with Gasteiger partial charge < -0.3 is 5.11 Å². The van der Waals surface area contributed by atoms with Crippen molar-refractivity contribution in [2.45, 2.75) is 0 Å². The van der Waals surface area contributed by atoms with Gasteiger partial charge >= 0.3 is 0 Å². The first-order valence-electron chi connectivity index (χ1n) is 2.70. The molecule has 0 saturated heterocycles. The van der Waals surface area contributed by atoms with Crippen molar-refractivity contribution in [1.29, 1.82) is 0 Å². The van der Waals surface area contributed by atoms with Gasteiger partial charge in [-0.2, -0.15) is 0 Å². The van der Waals surface area contributed by atoms with Gasteiger partial charge in [0.2, 0.25) is 0 Å². The highest BCUT2D eigenvalue weighted by Gasteiger charge is 2.04. The molecule has 4 heteroatoms. The minimum atomic E-state index is 0.123. The van der Waals surface area contributed by atoms with Gasteiger partial charge in [0.05, 0.1) is 15.5 Å². The maximum atomic E-state index is 9.23. The van der Waals surface area contributed by atoms with E-state index < -0.39 is 0 Å². The molecule has 1 rings (SSSR count). The normalized spacial score (nSPS) is 9.18. The maximum absolute atomic E-state index is 9.23. The second-order valence-electron chi connectivity index (χ2n) is 1.87. The van der Waals surface area contributed by atoms with Crippen LogP contribution in [0.4, 0.5) is 5.69 Å². The highest BCUT2D eigenvalue weighted by atomic mass is 79.9. The van der Waals surface area contributed by atoms with E-state index in [-0.39, 0.29) is 5.75 Å². The van der Waals surface area contributed by atoms with Gasteiger partial charge in [-0.15, -0.1) is 0 Å². The van der Waals surface area contributed by atoms with E-state index in [1.165, 1.54) is 0 Å². The van der Waals surface area contributed by atoms with Gasteiger partial charge in [-0.3, -0.25) is 0 Å². The van der Waals surface area contributed by atoms with E-state index in [1.807, 2.05) is 0 Å². The van der Waals surface area contributed by atoms with Crippen LogP contribution in [0.3, 0.4) is 0 Å². The summed E-state index contributed by atoms with van der Waals surface area (Å²) in [6.45, 7) is 6.71. The Morgan fingerprint density at radius 2 is 1.73 bits per heavy atom. The molecular formula is C7H3Br2NO. The Labute approximate surface area is 80.9 Å². The van der Waals surface area contributed by atoms with Crippen molar-refractivity contribution in [3.63, 3.8) is 0 Å². The molecule has 1 aromatic rings. The third-order valence-corrected chi connectivity index (χ3v) is 2.34. The number of hydrogen-bond acceptors (Lipinski definition) is 1. The zero-order valence-electron chi connectivity index (χ0n) is 5.31. The van der Waals surface area contributed by atoms with Crippen molar-refractivity contribution in [1.82, 2.24) is 0 Å². The fraction of sp³-hybridized carbons (Fsp3) is 0. The zero-order valence-corrected chi connectivity index (χ0v) is 8.48. The number of rotatable bonds is 0. The summed E-state index contributed by atoms with van der Waals surface area (Å²) >= 11 is 6.23. The molecule has 0 heterocycles. The SMILES string of the molecule is [C-]#[N+]c1cc(Br)c(O)c(Br)c1. The molecule has 0 fully saturated rings. The lowest BCUT2D eigenvalue weighted by Gasteiger charge is -1.99. The van der Waals surface area contributed by atoms with Crippen LogP contribution in [0.5, 0.6) is 5.75 Å². The molecule has 56 valence electrons. The largest absolute Gasteiger partial charge is 0.506 e. The third kappa shape index (κ3) is 1.73. The van der Waals surface area contributed by atoms with Crippen molar-refractivity contribution in [3.05, 3.63) is 32.5 Å². The summed E-state index contributed by atoms with van der Waals surface area (Å²) < 4.78 is 1.05. The third-order valence-electron chi connectivity index (χ3n) is 1.13. The highest BCUT2D eigenvalue weighted by molar-refractivity contribution is 9.11. The zero-order chi connectivity index (χ0) is 8.43. The number of phenolic OH excluding ortho intramolecular Hbond substituents is 1. The van der Waals surface area contributed by atoms with Gasteiger partial charge in [0.25, 0.3) is 0 Å². The van der Waals surface area contributed by atoms with Crippen LogP contribution in [-0.4, -0.2) is 5.11 Å². The maximum Gasteiger partial charge on any atom is 0.189 e. The second kappa shape index (κ2) is 3.24. The van der Waals surface area contributed by atoms with E-state index in [1.54, 1.807) is 12.1 Å². The molecular weight excluding hydrogens is 274 g/mol. The molecule has 11 heavy (non-hydrogen) atoms. The molecule has 1 N–H and O–H groups in total. The van der Waals surface area contributed by atoms with E-state index in [9.17, 15) is 5.11 Å².